The normalized spacial score (nSPS) is 25.4. The number of hydrazine groups is 1. The van der Waals surface area contributed by atoms with Crippen molar-refractivity contribution < 1.29 is 18.0 Å². The number of amidine groups is 1. The second-order valence-corrected chi connectivity index (χ2v) is 4.68. The first-order chi connectivity index (χ1) is 9.77. The number of rotatable bonds is 4. The molecule has 0 saturated carbocycles. The van der Waals surface area contributed by atoms with Crippen molar-refractivity contribution in [1.82, 2.24) is 16.2 Å². The largest absolute Gasteiger partial charge is 0.412 e. The molecule has 1 saturated heterocycles. The fourth-order valence-corrected chi connectivity index (χ4v) is 1.79. The number of halogens is 3. The lowest BCUT2D eigenvalue weighted by molar-refractivity contribution is -0.119. The zero-order valence-corrected chi connectivity index (χ0v) is 11.9. The molecule has 8 heteroatoms. The third-order valence-electron chi connectivity index (χ3n) is 3.10. The van der Waals surface area contributed by atoms with Crippen LogP contribution in [0.25, 0.3) is 0 Å². The smallest absolute Gasteiger partial charge is 0.358 e. The van der Waals surface area contributed by atoms with Gasteiger partial charge in [-0.2, -0.15) is 13.2 Å². The van der Waals surface area contributed by atoms with E-state index < -0.39 is 17.7 Å². The van der Waals surface area contributed by atoms with Gasteiger partial charge in [0.25, 0.3) is 0 Å². The molecule has 1 amide bonds. The number of carbonyl (C=O) groups excluding carboxylic acids is 1. The summed E-state index contributed by atoms with van der Waals surface area (Å²) in [6.07, 6.45) is -1.27. The maximum atomic E-state index is 12.7. The van der Waals surface area contributed by atoms with E-state index >= 15 is 0 Å². The van der Waals surface area contributed by atoms with Crippen LogP contribution >= 0.6 is 0 Å². The van der Waals surface area contributed by atoms with Crippen molar-refractivity contribution in [3.05, 3.63) is 24.3 Å². The molecule has 0 radical (unpaired) electrons. The Hall–Kier alpha value is -1.83. The van der Waals surface area contributed by atoms with Gasteiger partial charge in [0.2, 0.25) is 5.91 Å². The molecule has 21 heavy (non-hydrogen) atoms. The number of carbonyl (C=O) groups is 1. The van der Waals surface area contributed by atoms with E-state index in [4.69, 9.17) is 0 Å². The molecule has 2 atom stereocenters. The first-order valence-electron chi connectivity index (χ1n) is 6.42. The highest BCUT2D eigenvalue weighted by Crippen LogP contribution is 2.27. The molecular weight excluding hydrogens is 285 g/mol. The molecule has 5 nitrogen and oxygen atoms in total. The molecule has 1 heterocycles. The minimum absolute atomic E-state index is 0.144. The molecule has 1 fully saturated rings. The Labute approximate surface area is 121 Å². The summed E-state index contributed by atoms with van der Waals surface area (Å²) in [7, 11) is 1.47. The monoisotopic (exact) mass is 304 g/mol. The fraction of sp³-hybridized carbons (Fsp3) is 0.538. The summed E-state index contributed by atoms with van der Waals surface area (Å²) in [5.74, 6) is -0.564. The van der Waals surface area contributed by atoms with Crippen molar-refractivity contribution in [2.45, 2.75) is 25.6 Å². The summed E-state index contributed by atoms with van der Waals surface area (Å²) in [5, 5.41) is 2.40. The summed E-state index contributed by atoms with van der Waals surface area (Å²) in [4.78, 5) is 15.2. The van der Waals surface area contributed by atoms with Crippen LogP contribution in [0.3, 0.4) is 0 Å². The average molecular weight is 304 g/mol. The van der Waals surface area contributed by atoms with Crippen LogP contribution in [-0.2, 0) is 4.79 Å². The molecule has 0 aliphatic carbocycles. The Morgan fingerprint density at radius 2 is 2.24 bits per heavy atom. The molecule has 0 aromatic rings. The quantitative estimate of drug-likeness (QED) is 0.686. The number of amides is 1. The van der Waals surface area contributed by atoms with Crippen LogP contribution in [0, 0.1) is 5.92 Å². The van der Waals surface area contributed by atoms with Crippen molar-refractivity contribution >= 4 is 11.7 Å². The van der Waals surface area contributed by atoms with Crippen molar-refractivity contribution in [2.24, 2.45) is 10.9 Å². The van der Waals surface area contributed by atoms with Gasteiger partial charge < -0.3 is 10.7 Å². The van der Waals surface area contributed by atoms with E-state index in [9.17, 15) is 18.0 Å². The molecular formula is C13H19F3N4O. The van der Waals surface area contributed by atoms with E-state index in [1.54, 1.807) is 6.08 Å². The molecule has 0 aromatic heterocycles. The lowest BCUT2D eigenvalue weighted by Crippen LogP contribution is -2.52. The molecule has 0 spiro atoms. The van der Waals surface area contributed by atoms with E-state index in [0.29, 0.717) is 12.3 Å². The van der Waals surface area contributed by atoms with Crippen LogP contribution in [0.15, 0.2) is 29.3 Å². The number of aliphatic imine (C=N–C) groups is 1. The Bertz CT molecular complexity index is 457. The van der Waals surface area contributed by atoms with Gasteiger partial charge in [0.1, 0.15) is 12.4 Å². The van der Waals surface area contributed by atoms with Crippen molar-refractivity contribution in [3.8, 4) is 0 Å². The second-order valence-electron chi connectivity index (χ2n) is 4.68. The Morgan fingerprint density at radius 1 is 1.57 bits per heavy atom. The summed E-state index contributed by atoms with van der Waals surface area (Å²) in [5.41, 5.74) is 4.92. The standard InChI is InChI=1S/C13H19F3N4O/c1-4-10-6-9(5-8(2)13(14,15)16)12(20-19-10)18-7-11(21)17-3/h4-5,9-10,19H,1,6-7H2,2-3H3,(H,17,21)(H,18,20)/b8-5+. The molecule has 0 aromatic carbocycles. The molecule has 0 bridgehead atoms. The van der Waals surface area contributed by atoms with Gasteiger partial charge in [-0.1, -0.05) is 12.2 Å². The Kier molecular flexibility index (Phi) is 5.95. The van der Waals surface area contributed by atoms with Crippen LogP contribution in [0.4, 0.5) is 13.2 Å². The molecule has 1 aliphatic rings. The number of hydrogen-bond donors (Lipinski definition) is 3. The number of allylic oxidation sites excluding steroid dienone is 1. The Balaban J connectivity index is 2.94. The average Bonchev–Trinajstić information content (AvgIpc) is 2.44. The van der Waals surface area contributed by atoms with E-state index in [-0.39, 0.29) is 18.5 Å². The lowest BCUT2D eigenvalue weighted by Gasteiger charge is -2.30. The second kappa shape index (κ2) is 7.26. The maximum absolute atomic E-state index is 12.7. The number of nitrogens with one attached hydrogen (secondary N) is 3. The van der Waals surface area contributed by atoms with Crippen LogP contribution < -0.4 is 16.2 Å². The highest BCUT2D eigenvalue weighted by Gasteiger charge is 2.32. The summed E-state index contributed by atoms with van der Waals surface area (Å²) in [6.45, 7) is 4.48. The highest BCUT2D eigenvalue weighted by atomic mass is 19.4. The summed E-state index contributed by atoms with van der Waals surface area (Å²) >= 11 is 0. The first-order valence-corrected chi connectivity index (χ1v) is 6.42. The first kappa shape index (κ1) is 17.2. The van der Waals surface area contributed by atoms with Gasteiger partial charge in [0.15, 0.2) is 0 Å². The van der Waals surface area contributed by atoms with Crippen molar-refractivity contribution in [1.29, 1.82) is 0 Å². The van der Waals surface area contributed by atoms with Crippen LogP contribution in [-0.4, -0.2) is 37.6 Å². The van der Waals surface area contributed by atoms with Crippen LogP contribution in [0.2, 0.25) is 0 Å². The molecule has 118 valence electrons. The summed E-state index contributed by atoms with van der Waals surface area (Å²) in [6, 6.07) is -0.175. The predicted octanol–water partition coefficient (Wildman–Crippen LogP) is 1.31. The lowest BCUT2D eigenvalue weighted by atomic mass is 9.94. The van der Waals surface area contributed by atoms with E-state index in [2.05, 4.69) is 27.7 Å². The maximum Gasteiger partial charge on any atom is 0.412 e. The van der Waals surface area contributed by atoms with Gasteiger partial charge in [-0.15, -0.1) is 6.58 Å². The van der Waals surface area contributed by atoms with Gasteiger partial charge in [0.05, 0.1) is 0 Å². The molecule has 1 rings (SSSR count). The van der Waals surface area contributed by atoms with Gasteiger partial charge in [0, 0.05) is 24.6 Å². The number of alkyl halides is 3. The third-order valence-corrected chi connectivity index (χ3v) is 3.10. The minimum atomic E-state index is -4.37. The summed E-state index contributed by atoms with van der Waals surface area (Å²) < 4.78 is 38.0. The molecule has 2 unspecified atom stereocenters. The molecule has 1 aliphatic heterocycles. The predicted molar refractivity (Wildman–Crippen MR) is 74.5 cm³/mol. The van der Waals surface area contributed by atoms with Gasteiger partial charge in [-0.25, -0.2) is 5.43 Å². The van der Waals surface area contributed by atoms with Crippen LogP contribution in [0.1, 0.15) is 13.3 Å². The van der Waals surface area contributed by atoms with Crippen molar-refractivity contribution in [3.63, 3.8) is 0 Å². The molecule has 3 N–H and O–H groups in total. The van der Waals surface area contributed by atoms with E-state index in [1.807, 2.05) is 0 Å². The minimum Gasteiger partial charge on any atom is -0.358 e. The number of nitrogens with zero attached hydrogens (tertiary/aromatic N) is 1. The number of likely N-dealkylation sites (N-methyl/N-ethyl adjacent to an activating group) is 1. The van der Waals surface area contributed by atoms with E-state index in [1.165, 1.54) is 7.05 Å². The van der Waals surface area contributed by atoms with Gasteiger partial charge in [-0.3, -0.25) is 9.79 Å². The zero-order chi connectivity index (χ0) is 16.0. The SMILES string of the molecule is C=CC1CC(/C=C(\C)C(F)(F)F)C(=NCC(=O)NC)NN1. The Morgan fingerprint density at radius 3 is 2.76 bits per heavy atom. The third kappa shape index (κ3) is 5.22. The topological polar surface area (TPSA) is 65.5 Å². The van der Waals surface area contributed by atoms with E-state index in [0.717, 1.165) is 13.0 Å². The highest BCUT2D eigenvalue weighted by molar-refractivity contribution is 5.89. The van der Waals surface area contributed by atoms with Crippen molar-refractivity contribution in [2.75, 3.05) is 13.6 Å². The fourth-order valence-electron chi connectivity index (χ4n) is 1.79. The number of hydrogen-bond acceptors (Lipinski definition) is 3. The zero-order valence-electron chi connectivity index (χ0n) is 11.9. The van der Waals surface area contributed by atoms with Crippen LogP contribution in [0.5, 0.6) is 0 Å². The van der Waals surface area contributed by atoms with Gasteiger partial charge >= 0.3 is 6.18 Å². The van der Waals surface area contributed by atoms with Gasteiger partial charge in [-0.05, 0) is 13.3 Å².